The van der Waals surface area contributed by atoms with Crippen LogP contribution in [0.3, 0.4) is 0 Å². The largest absolute Gasteiger partial charge is 0.444 e. The Morgan fingerprint density at radius 3 is 2.20 bits per heavy atom. The molecule has 0 aromatic heterocycles. The molecule has 5 rings (SSSR count). The monoisotopic (exact) mass is 599 g/mol. The topological polar surface area (TPSA) is 107 Å². The van der Waals surface area contributed by atoms with E-state index in [1.165, 1.54) is 48.5 Å². The van der Waals surface area contributed by atoms with E-state index in [0.29, 0.717) is 6.07 Å². The highest BCUT2D eigenvalue weighted by Gasteiger charge is 2.36. The quantitative estimate of drug-likeness (QED) is 0.239. The summed E-state index contributed by atoms with van der Waals surface area (Å²) in [5, 5.41) is 2.08. The van der Waals surface area contributed by atoms with Crippen LogP contribution in [0.2, 0.25) is 5.02 Å². The minimum atomic E-state index is -4.70. The second-order valence-electron chi connectivity index (χ2n) is 8.92. The predicted molar refractivity (Wildman–Crippen MR) is 141 cm³/mol. The highest BCUT2D eigenvalue weighted by atomic mass is 35.5. The number of alkyl halides is 3. The maximum Gasteiger partial charge on any atom is 0.416 e. The number of rotatable bonds is 5. The SMILES string of the molecule is O=C(O[C@H](C(=O)Nc1cc(C(F)(F)F)ccc1Cl)c1ccccc1)c1ccc2c(c1)S(=O)(=O)c1ccccc1C2=O. The maximum absolute atomic E-state index is 13.2. The van der Waals surface area contributed by atoms with Gasteiger partial charge in [0.05, 0.1) is 31.6 Å². The first-order chi connectivity index (χ1) is 19.4. The molecule has 0 unspecified atom stereocenters. The van der Waals surface area contributed by atoms with Crippen molar-refractivity contribution in [3.8, 4) is 0 Å². The number of amides is 1. The molecule has 4 aromatic rings. The number of hydrogen-bond acceptors (Lipinski definition) is 6. The number of sulfone groups is 1. The van der Waals surface area contributed by atoms with Gasteiger partial charge in [0.1, 0.15) is 0 Å². The van der Waals surface area contributed by atoms with Gasteiger partial charge in [0.2, 0.25) is 15.9 Å². The van der Waals surface area contributed by atoms with Gasteiger partial charge >= 0.3 is 12.1 Å². The lowest BCUT2D eigenvalue weighted by molar-refractivity contribution is -0.137. The van der Waals surface area contributed by atoms with Crippen molar-refractivity contribution in [3.63, 3.8) is 0 Å². The highest BCUT2D eigenvalue weighted by molar-refractivity contribution is 7.91. The van der Waals surface area contributed by atoms with Gasteiger partial charge in [-0.25, -0.2) is 13.2 Å². The molecule has 1 aliphatic rings. The molecule has 1 aliphatic heterocycles. The molecule has 1 atom stereocenters. The third kappa shape index (κ3) is 5.33. The van der Waals surface area contributed by atoms with Crippen molar-refractivity contribution in [2.24, 2.45) is 0 Å². The molecule has 0 saturated heterocycles. The van der Waals surface area contributed by atoms with E-state index < -0.39 is 50.2 Å². The Morgan fingerprint density at radius 1 is 0.829 bits per heavy atom. The van der Waals surface area contributed by atoms with Crippen LogP contribution in [-0.4, -0.2) is 26.1 Å². The van der Waals surface area contributed by atoms with Gasteiger partial charge in [0, 0.05) is 16.7 Å². The van der Waals surface area contributed by atoms with Crippen molar-refractivity contribution in [1.82, 2.24) is 0 Å². The number of carbonyl (C=O) groups excluding carboxylic acids is 3. The van der Waals surface area contributed by atoms with Gasteiger partial charge in [-0.05, 0) is 48.5 Å². The number of halogens is 4. The van der Waals surface area contributed by atoms with Crippen LogP contribution in [0.25, 0.3) is 0 Å². The zero-order valence-corrected chi connectivity index (χ0v) is 22.2. The molecule has 0 fully saturated rings. The van der Waals surface area contributed by atoms with Crippen LogP contribution in [0.5, 0.6) is 0 Å². The number of fused-ring (bicyclic) bond motifs is 2. The molecular weight excluding hydrogens is 583 g/mol. The van der Waals surface area contributed by atoms with E-state index in [1.807, 2.05) is 0 Å². The third-order valence-corrected chi connectivity index (χ3v) is 8.47. The summed E-state index contributed by atoms with van der Waals surface area (Å²) < 4.78 is 71.6. The first kappa shape index (κ1) is 28.1. The summed E-state index contributed by atoms with van der Waals surface area (Å²) in [6, 6.07) is 19.0. The second-order valence-corrected chi connectivity index (χ2v) is 11.2. The van der Waals surface area contributed by atoms with E-state index in [-0.39, 0.29) is 37.9 Å². The molecule has 4 aromatic carbocycles. The van der Waals surface area contributed by atoms with Gasteiger partial charge in [-0.3, -0.25) is 9.59 Å². The van der Waals surface area contributed by atoms with E-state index in [2.05, 4.69) is 5.32 Å². The molecule has 0 saturated carbocycles. The minimum Gasteiger partial charge on any atom is -0.444 e. The third-order valence-electron chi connectivity index (χ3n) is 6.29. The van der Waals surface area contributed by atoms with Crippen LogP contribution >= 0.6 is 11.6 Å². The van der Waals surface area contributed by atoms with E-state index in [0.717, 1.165) is 18.2 Å². The lowest BCUT2D eigenvalue weighted by atomic mass is 10.0. The standard InChI is InChI=1S/C29H17ClF3NO6S/c30-21-13-11-18(29(31,32)33)15-22(21)34-27(36)26(16-6-2-1-3-7-16)40-28(37)17-10-12-20-24(14-17)41(38,39)23-9-5-4-8-19(23)25(20)35/h1-15,26H,(H,34,36)/t26-/m0/s1. The summed E-state index contributed by atoms with van der Waals surface area (Å²) in [6.45, 7) is 0. The fourth-order valence-electron chi connectivity index (χ4n) is 4.28. The van der Waals surface area contributed by atoms with Crippen molar-refractivity contribution in [2.75, 3.05) is 5.32 Å². The van der Waals surface area contributed by atoms with E-state index >= 15 is 0 Å². The van der Waals surface area contributed by atoms with Crippen LogP contribution in [0.1, 0.15) is 43.5 Å². The van der Waals surface area contributed by atoms with Crippen molar-refractivity contribution < 1.29 is 40.7 Å². The van der Waals surface area contributed by atoms with Gasteiger partial charge in [-0.2, -0.15) is 13.2 Å². The number of ketones is 1. The second kappa shape index (κ2) is 10.5. The summed E-state index contributed by atoms with van der Waals surface area (Å²) >= 11 is 6.01. The molecule has 12 heteroatoms. The summed E-state index contributed by atoms with van der Waals surface area (Å²) in [5.41, 5.74) is -1.64. The molecule has 0 radical (unpaired) electrons. The normalized spacial score (nSPS) is 14.4. The Morgan fingerprint density at radius 2 is 1.49 bits per heavy atom. The average Bonchev–Trinajstić information content (AvgIpc) is 2.95. The lowest BCUT2D eigenvalue weighted by Gasteiger charge is -2.21. The first-order valence-corrected chi connectivity index (χ1v) is 13.7. The predicted octanol–water partition coefficient (Wildman–Crippen LogP) is 6.27. The molecule has 1 N–H and O–H groups in total. The Labute approximate surface area is 236 Å². The highest BCUT2D eigenvalue weighted by Crippen LogP contribution is 2.36. The Hall–Kier alpha value is -4.48. The fourth-order valence-corrected chi connectivity index (χ4v) is 6.12. The Bertz CT molecular complexity index is 1820. The number of esters is 1. The zero-order valence-electron chi connectivity index (χ0n) is 20.6. The Kier molecular flexibility index (Phi) is 7.18. The number of carbonyl (C=O) groups is 3. The molecule has 1 heterocycles. The molecule has 0 bridgehead atoms. The Balaban J connectivity index is 1.47. The number of nitrogens with one attached hydrogen (secondary N) is 1. The molecular formula is C29H17ClF3NO6S. The van der Waals surface area contributed by atoms with Crippen molar-refractivity contribution >= 4 is 44.8 Å². The number of hydrogen-bond donors (Lipinski definition) is 1. The van der Waals surface area contributed by atoms with Crippen LogP contribution in [-0.2, 0) is 25.5 Å². The van der Waals surface area contributed by atoms with Gasteiger partial charge in [-0.15, -0.1) is 0 Å². The van der Waals surface area contributed by atoms with Crippen molar-refractivity contribution in [3.05, 3.63) is 124 Å². The zero-order chi connectivity index (χ0) is 29.5. The van der Waals surface area contributed by atoms with Gasteiger partial charge in [-0.1, -0.05) is 54.1 Å². The molecule has 41 heavy (non-hydrogen) atoms. The van der Waals surface area contributed by atoms with Crippen molar-refractivity contribution in [2.45, 2.75) is 22.1 Å². The van der Waals surface area contributed by atoms with Crippen LogP contribution in [0, 0.1) is 0 Å². The fraction of sp³-hybridized carbons (Fsp3) is 0.0690. The molecule has 0 aliphatic carbocycles. The molecule has 0 spiro atoms. The van der Waals surface area contributed by atoms with Crippen LogP contribution < -0.4 is 5.32 Å². The van der Waals surface area contributed by atoms with Gasteiger partial charge in [0.15, 0.2) is 5.78 Å². The molecule has 208 valence electrons. The molecule has 7 nitrogen and oxygen atoms in total. The smallest absolute Gasteiger partial charge is 0.416 e. The average molecular weight is 600 g/mol. The van der Waals surface area contributed by atoms with E-state index in [4.69, 9.17) is 16.3 Å². The minimum absolute atomic E-state index is 0.00407. The number of ether oxygens (including phenoxy) is 1. The summed E-state index contributed by atoms with van der Waals surface area (Å²) in [5.74, 6) is -2.67. The maximum atomic E-state index is 13.2. The van der Waals surface area contributed by atoms with Crippen LogP contribution in [0.15, 0.2) is 101 Å². The lowest BCUT2D eigenvalue weighted by Crippen LogP contribution is -2.26. The number of anilines is 1. The first-order valence-electron chi connectivity index (χ1n) is 11.8. The summed E-state index contributed by atoms with van der Waals surface area (Å²) in [6.07, 6.45) is -6.37. The molecule has 1 amide bonds. The van der Waals surface area contributed by atoms with Gasteiger partial charge in [0.25, 0.3) is 5.91 Å². The van der Waals surface area contributed by atoms with Crippen LogP contribution in [0.4, 0.5) is 18.9 Å². The van der Waals surface area contributed by atoms with Gasteiger partial charge < -0.3 is 10.1 Å². The summed E-state index contributed by atoms with van der Waals surface area (Å²) in [4.78, 5) is 38.7. The van der Waals surface area contributed by atoms with Crippen molar-refractivity contribution in [1.29, 1.82) is 0 Å². The number of benzene rings is 4. The van der Waals surface area contributed by atoms with E-state index in [9.17, 15) is 36.0 Å². The summed E-state index contributed by atoms with van der Waals surface area (Å²) in [7, 11) is -4.16. The van der Waals surface area contributed by atoms with E-state index in [1.54, 1.807) is 18.2 Å².